The summed E-state index contributed by atoms with van der Waals surface area (Å²) in [6.45, 7) is 2.71. The fourth-order valence-electron chi connectivity index (χ4n) is 12.8. The summed E-state index contributed by atoms with van der Waals surface area (Å²) in [5, 5.41) is 87.6. The van der Waals surface area contributed by atoms with Gasteiger partial charge in [0.2, 0.25) is 5.91 Å². The highest BCUT2D eigenvalue weighted by molar-refractivity contribution is 5.76. The van der Waals surface area contributed by atoms with E-state index < -0.39 is 86.8 Å². The Labute approximate surface area is 586 Å². The average molecular weight is 1360 g/mol. The molecule has 2 rings (SSSR count). The first-order valence-electron chi connectivity index (χ1n) is 39.8. The first-order chi connectivity index (χ1) is 47.1. The standard InChI is InChI=1S/C82H147NO13/c1-3-5-7-9-11-13-15-17-19-21-23-25-27-29-31-33-34-35-36-38-40-42-44-46-48-50-52-54-56-58-60-62-64-66-74(87)83-70(69-93-81-79(92)77(90)80(73(68-85)95-81)96-82-78(91)76(89)75(88)72(67-84)94-82)71(86)65-63-61-59-57-55-53-51-49-47-45-43-41-39-37-32-30-28-26-24-22-20-18-16-14-12-10-8-6-4-2/h5,7,11,13,17,19,23,25,47,49,55,57,63,65,70-73,75-82,84-86,88-92H,3-4,6,8-10,12,14-16,18,20-22,24,26-46,48,50-54,56,58-62,64,66-69H2,1-2H3,(H,83,87)/b7-5-,13-11-,19-17-,25-23-,49-47+,57-55+,65-63+. The molecule has 0 aromatic carbocycles. The van der Waals surface area contributed by atoms with Gasteiger partial charge in [-0.3, -0.25) is 4.79 Å². The van der Waals surface area contributed by atoms with Gasteiger partial charge < -0.3 is 65.1 Å². The zero-order valence-electron chi connectivity index (χ0n) is 61.1. The summed E-state index contributed by atoms with van der Waals surface area (Å²) < 4.78 is 22.9. The molecule has 2 aliphatic heterocycles. The maximum atomic E-state index is 13.4. The molecule has 0 aliphatic carbocycles. The first kappa shape index (κ1) is 89.3. The van der Waals surface area contributed by atoms with Crippen molar-refractivity contribution in [2.45, 2.75) is 408 Å². The van der Waals surface area contributed by atoms with Crippen molar-refractivity contribution in [3.63, 3.8) is 0 Å². The van der Waals surface area contributed by atoms with Crippen molar-refractivity contribution in [3.8, 4) is 0 Å². The molecular formula is C82H147NO13. The quantitative estimate of drug-likeness (QED) is 0.0204. The summed E-state index contributed by atoms with van der Waals surface area (Å²) in [5.74, 6) is -0.250. The normalized spacial score (nSPS) is 22.7. The SMILES string of the molecule is CC/C=C\C/C=C\C/C=C\C/C=C\CCCCCCCCCCCCCCCCCCCCCCC(=O)NC(COC1OC(CO)C(OC2OC(CO)C(O)C(O)C2O)C(O)C1O)C(O)/C=C/CC/C=C/CC/C=C/CCCCCCCCCCCCCCCCCCCCC. The van der Waals surface area contributed by atoms with Gasteiger partial charge in [-0.2, -0.15) is 0 Å². The van der Waals surface area contributed by atoms with E-state index in [2.05, 4.69) is 92.1 Å². The lowest BCUT2D eigenvalue weighted by Crippen LogP contribution is -2.65. The molecule has 14 nitrogen and oxygen atoms in total. The highest BCUT2D eigenvalue weighted by atomic mass is 16.7. The number of hydrogen-bond donors (Lipinski definition) is 9. The van der Waals surface area contributed by atoms with E-state index in [9.17, 15) is 45.6 Å². The van der Waals surface area contributed by atoms with Crippen LogP contribution in [0.5, 0.6) is 0 Å². The summed E-state index contributed by atoms with van der Waals surface area (Å²) in [6.07, 6.45) is 75.3. The predicted molar refractivity (Wildman–Crippen MR) is 396 cm³/mol. The van der Waals surface area contributed by atoms with Gasteiger partial charge in [0, 0.05) is 6.42 Å². The lowest BCUT2D eigenvalue weighted by Gasteiger charge is -2.46. The zero-order valence-corrected chi connectivity index (χ0v) is 61.1. The van der Waals surface area contributed by atoms with Crippen molar-refractivity contribution in [2.24, 2.45) is 0 Å². The molecule has 0 spiro atoms. The monoisotopic (exact) mass is 1350 g/mol. The van der Waals surface area contributed by atoms with Gasteiger partial charge >= 0.3 is 0 Å². The Morgan fingerprint density at radius 1 is 0.385 bits per heavy atom. The Morgan fingerprint density at radius 2 is 0.729 bits per heavy atom. The van der Waals surface area contributed by atoms with Crippen LogP contribution in [0.3, 0.4) is 0 Å². The molecule has 558 valence electrons. The van der Waals surface area contributed by atoms with Crippen LogP contribution >= 0.6 is 0 Å². The highest BCUT2D eigenvalue weighted by Gasteiger charge is 2.51. The van der Waals surface area contributed by atoms with Gasteiger partial charge in [-0.1, -0.05) is 330 Å². The molecule has 2 saturated heterocycles. The van der Waals surface area contributed by atoms with Crippen LogP contribution < -0.4 is 5.32 Å². The van der Waals surface area contributed by atoms with Gasteiger partial charge in [0.25, 0.3) is 0 Å². The van der Waals surface area contributed by atoms with Gasteiger partial charge in [-0.15, -0.1) is 0 Å². The highest BCUT2D eigenvalue weighted by Crippen LogP contribution is 2.30. The van der Waals surface area contributed by atoms with E-state index >= 15 is 0 Å². The van der Waals surface area contributed by atoms with Crippen molar-refractivity contribution >= 4 is 5.91 Å². The molecule has 14 heteroatoms. The van der Waals surface area contributed by atoms with Crippen LogP contribution in [0.4, 0.5) is 0 Å². The molecule has 1 amide bonds. The minimum atomic E-state index is -1.80. The Hall–Kier alpha value is -2.83. The number of nitrogens with one attached hydrogen (secondary N) is 1. The van der Waals surface area contributed by atoms with Gasteiger partial charge in [0.05, 0.1) is 32.0 Å². The van der Waals surface area contributed by atoms with Gasteiger partial charge in [0.15, 0.2) is 12.6 Å². The van der Waals surface area contributed by atoms with Crippen molar-refractivity contribution in [3.05, 3.63) is 85.1 Å². The Bertz CT molecular complexity index is 1940. The first-order valence-corrected chi connectivity index (χ1v) is 39.8. The van der Waals surface area contributed by atoms with Crippen molar-refractivity contribution in [1.29, 1.82) is 0 Å². The fourth-order valence-corrected chi connectivity index (χ4v) is 12.8. The maximum Gasteiger partial charge on any atom is 0.220 e. The van der Waals surface area contributed by atoms with Crippen LogP contribution in [-0.2, 0) is 23.7 Å². The Balaban J connectivity index is 1.64. The van der Waals surface area contributed by atoms with E-state index in [4.69, 9.17) is 18.9 Å². The van der Waals surface area contributed by atoms with Crippen LogP contribution in [0, 0.1) is 0 Å². The number of aliphatic hydroxyl groups excluding tert-OH is 8. The van der Waals surface area contributed by atoms with E-state index in [1.54, 1.807) is 6.08 Å². The number of aliphatic hydroxyl groups is 8. The molecule has 12 unspecified atom stereocenters. The van der Waals surface area contributed by atoms with Crippen LogP contribution in [0.15, 0.2) is 85.1 Å². The molecule has 2 fully saturated rings. The average Bonchev–Trinajstić information content (AvgIpc) is 0.812. The molecule has 0 saturated carbocycles. The fraction of sp³-hybridized carbons (Fsp3) is 0.817. The molecule has 2 heterocycles. The largest absolute Gasteiger partial charge is 0.394 e. The number of rotatable bonds is 66. The summed E-state index contributed by atoms with van der Waals surface area (Å²) in [7, 11) is 0. The number of allylic oxidation sites excluding steroid dienone is 13. The van der Waals surface area contributed by atoms with E-state index in [1.165, 1.54) is 231 Å². The second-order valence-corrected chi connectivity index (χ2v) is 27.8. The summed E-state index contributed by atoms with van der Waals surface area (Å²) in [5.41, 5.74) is 0. The van der Waals surface area contributed by atoms with E-state index in [-0.39, 0.29) is 18.9 Å². The molecule has 2 aliphatic rings. The lowest BCUT2D eigenvalue weighted by molar-refractivity contribution is -0.359. The second kappa shape index (κ2) is 65.5. The molecule has 0 radical (unpaired) electrons. The molecule has 96 heavy (non-hydrogen) atoms. The van der Waals surface area contributed by atoms with Crippen LogP contribution in [-0.4, -0.2) is 140 Å². The van der Waals surface area contributed by atoms with Crippen molar-refractivity contribution in [1.82, 2.24) is 5.32 Å². The third kappa shape index (κ3) is 48.1. The summed E-state index contributed by atoms with van der Waals surface area (Å²) in [4.78, 5) is 13.4. The predicted octanol–water partition coefficient (Wildman–Crippen LogP) is 17.9. The smallest absolute Gasteiger partial charge is 0.220 e. The number of carbonyl (C=O) groups excluding carboxylic acids is 1. The van der Waals surface area contributed by atoms with E-state index in [0.29, 0.717) is 12.8 Å². The minimum absolute atomic E-state index is 0.250. The third-order valence-electron chi connectivity index (χ3n) is 19.0. The minimum Gasteiger partial charge on any atom is -0.394 e. The lowest BCUT2D eigenvalue weighted by atomic mass is 9.97. The van der Waals surface area contributed by atoms with E-state index in [1.807, 2.05) is 6.08 Å². The molecule has 0 aromatic heterocycles. The van der Waals surface area contributed by atoms with Gasteiger partial charge in [0.1, 0.15) is 48.8 Å². The van der Waals surface area contributed by atoms with Crippen molar-refractivity contribution in [2.75, 3.05) is 19.8 Å². The van der Waals surface area contributed by atoms with Crippen LogP contribution in [0.2, 0.25) is 0 Å². The number of unbranched alkanes of at least 4 members (excludes halogenated alkanes) is 41. The van der Waals surface area contributed by atoms with Gasteiger partial charge in [-0.05, 0) is 83.5 Å². The second-order valence-electron chi connectivity index (χ2n) is 27.8. The molecule has 0 bridgehead atoms. The molecule has 9 N–H and O–H groups in total. The Kier molecular flexibility index (Phi) is 60.9. The molecular weight excluding hydrogens is 1210 g/mol. The van der Waals surface area contributed by atoms with Crippen LogP contribution in [0.25, 0.3) is 0 Å². The number of amides is 1. The summed E-state index contributed by atoms with van der Waals surface area (Å²) in [6, 6.07) is -0.943. The van der Waals surface area contributed by atoms with E-state index in [0.717, 1.165) is 70.6 Å². The van der Waals surface area contributed by atoms with Crippen molar-refractivity contribution < 1.29 is 64.6 Å². The number of hydrogen-bond acceptors (Lipinski definition) is 13. The summed E-state index contributed by atoms with van der Waals surface area (Å²) >= 11 is 0. The molecule has 0 aromatic rings. The zero-order chi connectivity index (χ0) is 69.4. The third-order valence-corrected chi connectivity index (χ3v) is 19.0. The maximum absolute atomic E-state index is 13.4. The number of carbonyl (C=O) groups is 1. The number of ether oxygens (including phenoxy) is 4. The molecule has 12 atom stereocenters. The van der Waals surface area contributed by atoms with Gasteiger partial charge in [-0.25, -0.2) is 0 Å². The Morgan fingerprint density at radius 3 is 1.15 bits per heavy atom. The van der Waals surface area contributed by atoms with Crippen LogP contribution in [0.1, 0.15) is 335 Å². The topological polar surface area (TPSA) is 228 Å².